The largest absolute Gasteiger partial charge is 0.354 e. The summed E-state index contributed by atoms with van der Waals surface area (Å²) in [6.07, 6.45) is 1.82. The van der Waals surface area contributed by atoms with Crippen molar-refractivity contribution in [2.75, 3.05) is 43.5 Å². The van der Waals surface area contributed by atoms with Crippen molar-refractivity contribution in [3.8, 4) is 0 Å². The van der Waals surface area contributed by atoms with Crippen LogP contribution < -0.4 is 10.2 Å². The highest BCUT2D eigenvalue weighted by Gasteiger charge is 2.19. The molecular formula is C14H23Cl3N4O. The molecule has 1 aromatic rings. The second-order valence-electron chi connectivity index (χ2n) is 5.08. The molecule has 2 heterocycles. The number of aromatic nitrogens is 1. The first-order valence-electron chi connectivity index (χ1n) is 6.92. The van der Waals surface area contributed by atoms with E-state index in [1.807, 2.05) is 31.3 Å². The lowest BCUT2D eigenvalue weighted by molar-refractivity contribution is -0.119. The van der Waals surface area contributed by atoms with E-state index in [1.54, 1.807) is 0 Å². The zero-order valence-electron chi connectivity index (χ0n) is 12.6. The Morgan fingerprint density at radius 2 is 2.00 bits per heavy atom. The molecule has 1 saturated heterocycles. The van der Waals surface area contributed by atoms with Crippen molar-refractivity contribution >= 4 is 48.1 Å². The second kappa shape index (κ2) is 10.9. The number of anilines is 1. The van der Waals surface area contributed by atoms with Gasteiger partial charge in [0, 0.05) is 45.0 Å². The summed E-state index contributed by atoms with van der Waals surface area (Å²) >= 11 is 5.49. The number of carbonyl (C=O) groups excluding carboxylic acids is 1. The van der Waals surface area contributed by atoms with Gasteiger partial charge in [0.25, 0.3) is 0 Å². The predicted molar refractivity (Wildman–Crippen MR) is 95.7 cm³/mol. The van der Waals surface area contributed by atoms with Gasteiger partial charge in [-0.2, -0.15) is 0 Å². The fourth-order valence-electron chi connectivity index (χ4n) is 2.45. The number of nitrogens with zero attached hydrogens (tertiary/aromatic N) is 3. The molecule has 1 unspecified atom stereocenters. The van der Waals surface area contributed by atoms with E-state index >= 15 is 0 Å². The van der Waals surface area contributed by atoms with Crippen LogP contribution in [0.1, 0.15) is 6.92 Å². The van der Waals surface area contributed by atoms with Crippen LogP contribution in [0.5, 0.6) is 0 Å². The Bertz CT molecular complexity index is 427. The van der Waals surface area contributed by atoms with Gasteiger partial charge in [-0.05, 0) is 19.1 Å². The maximum atomic E-state index is 11.2. The van der Waals surface area contributed by atoms with E-state index in [-0.39, 0.29) is 42.6 Å². The van der Waals surface area contributed by atoms with Crippen molar-refractivity contribution in [3.63, 3.8) is 0 Å². The van der Waals surface area contributed by atoms with E-state index in [1.165, 1.54) is 0 Å². The molecule has 1 atom stereocenters. The molecule has 126 valence electrons. The number of alkyl halides is 1. The summed E-state index contributed by atoms with van der Waals surface area (Å²) in [5.74, 6) is 0.958. The molecule has 0 aromatic carbocycles. The van der Waals surface area contributed by atoms with E-state index < -0.39 is 0 Å². The smallest absolute Gasteiger partial charge is 0.235 e. The van der Waals surface area contributed by atoms with Crippen LogP contribution in [-0.2, 0) is 4.79 Å². The fourth-order valence-corrected chi connectivity index (χ4v) is 2.52. The maximum absolute atomic E-state index is 11.2. The van der Waals surface area contributed by atoms with Gasteiger partial charge in [-0.25, -0.2) is 4.98 Å². The molecule has 0 saturated carbocycles. The first-order chi connectivity index (χ1) is 9.69. The highest BCUT2D eigenvalue weighted by Crippen LogP contribution is 2.12. The SMILES string of the molecule is CC(CN1CCN(c2ccccn2)CC1)NC(=O)CCl.Cl.Cl. The van der Waals surface area contributed by atoms with Crippen molar-refractivity contribution in [2.45, 2.75) is 13.0 Å². The zero-order chi connectivity index (χ0) is 14.4. The summed E-state index contributed by atoms with van der Waals surface area (Å²) in [6.45, 7) is 6.77. The van der Waals surface area contributed by atoms with Gasteiger partial charge in [0.15, 0.2) is 0 Å². The minimum atomic E-state index is -0.105. The van der Waals surface area contributed by atoms with E-state index in [0.29, 0.717) is 0 Å². The summed E-state index contributed by atoms with van der Waals surface area (Å²) in [7, 11) is 0. The second-order valence-corrected chi connectivity index (χ2v) is 5.35. The van der Waals surface area contributed by atoms with Crippen molar-refractivity contribution < 1.29 is 4.79 Å². The Morgan fingerprint density at radius 1 is 1.32 bits per heavy atom. The molecule has 1 aliphatic rings. The first-order valence-corrected chi connectivity index (χ1v) is 7.46. The molecule has 22 heavy (non-hydrogen) atoms. The van der Waals surface area contributed by atoms with Crippen LogP contribution in [0.2, 0.25) is 0 Å². The summed E-state index contributed by atoms with van der Waals surface area (Å²) in [5.41, 5.74) is 0. The monoisotopic (exact) mass is 368 g/mol. The van der Waals surface area contributed by atoms with Gasteiger partial charge >= 0.3 is 0 Å². The summed E-state index contributed by atoms with van der Waals surface area (Å²) in [6, 6.07) is 6.11. The van der Waals surface area contributed by atoms with Crippen LogP contribution >= 0.6 is 36.4 Å². The number of hydrogen-bond donors (Lipinski definition) is 1. The van der Waals surface area contributed by atoms with Gasteiger partial charge in [0.05, 0.1) is 0 Å². The van der Waals surface area contributed by atoms with E-state index in [4.69, 9.17) is 11.6 Å². The van der Waals surface area contributed by atoms with Gasteiger partial charge in [-0.1, -0.05) is 6.07 Å². The van der Waals surface area contributed by atoms with Gasteiger partial charge < -0.3 is 10.2 Å². The topological polar surface area (TPSA) is 48.5 Å². The van der Waals surface area contributed by atoms with Gasteiger partial charge in [0.2, 0.25) is 5.91 Å². The average Bonchev–Trinajstić information content (AvgIpc) is 2.48. The number of carbonyl (C=O) groups is 1. The average molecular weight is 370 g/mol. The molecule has 2 rings (SSSR count). The highest BCUT2D eigenvalue weighted by molar-refractivity contribution is 6.27. The fraction of sp³-hybridized carbons (Fsp3) is 0.571. The number of amides is 1. The third-order valence-electron chi connectivity index (χ3n) is 3.41. The summed E-state index contributed by atoms with van der Waals surface area (Å²) in [4.78, 5) is 20.2. The minimum absolute atomic E-state index is 0. The van der Waals surface area contributed by atoms with Crippen LogP contribution in [0.15, 0.2) is 24.4 Å². The molecule has 0 spiro atoms. The number of pyridine rings is 1. The van der Waals surface area contributed by atoms with E-state index in [0.717, 1.165) is 38.5 Å². The molecule has 1 aliphatic heterocycles. The van der Waals surface area contributed by atoms with E-state index in [2.05, 4.69) is 20.1 Å². The Balaban J connectivity index is 0.00000220. The Kier molecular flexibility index (Phi) is 10.5. The Morgan fingerprint density at radius 3 is 2.55 bits per heavy atom. The van der Waals surface area contributed by atoms with Crippen molar-refractivity contribution in [1.29, 1.82) is 0 Å². The normalized spacial score (nSPS) is 16.2. The molecule has 1 aromatic heterocycles. The standard InChI is InChI=1S/C14H21ClN4O.2ClH/c1-12(17-14(20)10-15)11-18-6-8-19(9-7-18)13-4-2-3-5-16-13;;/h2-5,12H,6-11H2,1H3,(H,17,20);2*1H. The number of piperazine rings is 1. The van der Waals surface area contributed by atoms with Crippen molar-refractivity contribution in [1.82, 2.24) is 15.2 Å². The zero-order valence-corrected chi connectivity index (χ0v) is 15.0. The van der Waals surface area contributed by atoms with Crippen LogP contribution in [0.4, 0.5) is 5.82 Å². The number of halogens is 3. The lowest BCUT2D eigenvalue weighted by atomic mass is 10.2. The Labute approximate surface area is 149 Å². The maximum Gasteiger partial charge on any atom is 0.235 e. The van der Waals surface area contributed by atoms with Crippen LogP contribution in [-0.4, -0.2) is 60.4 Å². The van der Waals surface area contributed by atoms with Gasteiger partial charge in [-0.15, -0.1) is 36.4 Å². The molecular weight excluding hydrogens is 347 g/mol. The number of hydrogen-bond acceptors (Lipinski definition) is 4. The van der Waals surface area contributed by atoms with Gasteiger partial charge in [-0.3, -0.25) is 9.69 Å². The Hall–Kier alpha value is -0.750. The number of nitrogens with one attached hydrogen (secondary N) is 1. The molecule has 1 fully saturated rings. The molecule has 0 bridgehead atoms. The first kappa shape index (κ1) is 21.2. The summed E-state index contributed by atoms with van der Waals surface area (Å²) in [5, 5.41) is 2.88. The summed E-state index contributed by atoms with van der Waals surface area (Å²) < 4.78 is 0. The minimum Gasteiger partial charge on any atom is -0.354 e. The molecule has 1 amide bonds. The molecule has 8 heteroatoms. The lowest BCUT2D eigenvalue weighted by Gasteiger charge is -2.36. The third kappa shape index (κ3) is 6.57. The highest BCUT2D eigenvalue weighted by atomic mass is 35.5. The predicted octanol–water partition coefficient (Wildman–Crippen LogP) is 1.79. The van der Waals surface area contributed by atoms with Crippen molar-refractivity contribution in [3.05, 3.63) is 24.4 Å². The molecule has 0 aliphatic carbocycles. The molecule has 5 nitrogen and oxygen atoms in total. The van der Waals surface area contributed by atoms with Crippen LogP contribution in [0, 0.1) is 0 Å². The lowest BCUT2D eigenvalue weighted by Crippen LogP contribution is -2.51. The van der Waals surface area contributed by atoms with Gasteiger partial charge in [0.1, 0.15) is 11.7 Å². The number of rotatable bonds is 5. The third-order valence-corrected chi connectivity index (χ3v) is 3.65. The van der Waals surface area contributed by atoms with Crippen LogP contribution in [0.3, 0.4) is 0 Å². The molecule has 0 radical (unpaired) electrons. The van der Waals surface area contributed by atoms with Crippen LogP contribution in [0.25, 0.3) is 0 Å². The van der Waals surface area contributed by atoms with Crippen molar-refractivity contribution in [2.24, 2.45) is 0 Å². The quantitative estimate of drug-likeness (QED) is 0.804. The molecule has 1 N–H and O–H groups in total. The van der Waals surface area contributed by atoms with E-state index in [9.17, 15) is 4.79 Å².